The molecular formula is C15H15N5O. The molecule has 2 rings (SSSR count). The van der Waals surface area contributed by atoms with Crippen LogP contribution < -0.4 is 16.4 Å². The van der Waals surface area contributed by atoms with Crippen molar-refractivity contribution in [2.24, 2.45) is 5.73 Å². The van der Waals surface area contributed by atoms with E-state index in [1.165, 1.54) is 6.20 Å². The largest absolute Gasteiger partial charge is 0.399 e. The summed E-state index contributed by atoms with van der Waals surface area (Å²) in [6, 6.07) is 11.0. The zero-order chi connectivity index (χ0) is 15.2. The molecule has 106 valence electrons. The minimum atomic E-state index is -0.480. The van der Waals surface area contributed by atoms with Gasteiger partial charge in [0.15, 0.2) is 0 Å². The molecule has 0 unspecified atom stereocenters. The molecule has 4 N–H and O–H groups in total. The molecule has 0 saturated carbocycles. The minimum Gasteiger partial charge on any atom is -0.399 e. The summed E-state index contributed by atoms with van der Waals surface area (Å²) in [5, 5.41) is 9.17. The first-order valence-corrected chi connectivity index (χ1v) is 6.32. The third kappa shape index (κ3) is 3.70. The van der Waals surface area contributed by atoms with Crippen LogP contribution in [-0.4, -0.2) is 17.4 Å². The maximum atomic E-state index is 11.3. The molecule has 0 aliphatic heterocycles. The summed E-state index contributed by atoms with van der Waals surface area (Å²) in [6.07, 6.45) is 3.08. The number of carbonyl (C=O) groups excluding carboxylic acids is 1. The van der Waals surface area contributed by atoms with Crippen molar-refractivity contribution in [1.82, 2.24) is 4.98 Å². The van der Waals surface area contributed by atoms with E-state index >= 15 is 0 Å². The van der Waals surface area contributed by atoms with E-state index in [9.17, 15) is 10.1 Å². The number of pyridine rings is 1. The Morgan fingerprint density at radius 1 is 1.38 bits per heavy atom. The average molecular weight is 281 g/mol. The Balaban J connectivity index is 2.35. The van der Waals surface area contributed by atoms with Gasteiger partial charge in [-0.05, 0) is 23.8 Å². The van der Waals surface area contributed by atoms with Gasteiger partial charge in [-0.3, -0.25) is 9.78 Å². The molecule has 0 aliphatic rings. The molecule has 6 heteroatoms. The fourth-order valence-corrected chi connectivity index (χ4v) is 2.06. The zero-order valence-electron chi connectivity index (χ0n) is 11.4. The highest BCUT2D eigenvalue weighted by molar-refractivity contribution is 5.80. The van der Waals surface area contributed by atoms with Crippen LogP contribution in [-0.2, 0) is 11.3 Å². The average Bonchev–Trinajstić information content (AvgIpc) is 2.46. The van der Waals surface area contributed by atoms with Gasteiger partial charge in [-0.15, -0.1) is 0 Å². The van der Waals surface area contributed by atoms with Crippen LogP contribution in [0.3, 0.4) is 0 Å². The Kier molecular flexibility index (Phi) is 4.36. The molecule has 21 heavy (non-hydrogen) atoms. The molecule has 0 spiro atoms. The molecule has 0 atom stereocenters. The molecular weight excluding hydrogens is 266 g/mol. The molecule has 1 aromatic heterocycles. The Bertz CT molecular complexity index is 692. The second kappa shape index (κ2) is 6.39. The first kappa shape index (κ1) is 14.3. The number of nitrogens with zero attached hydrogens (tertiary/aromatic N) is 3. The normalized spacial score (nSPS) is 9.86. The second-order valence-electron chi connectivity index (χ2n) is 4.57. The summed E-state index contributed by atoms with van der Waals surface area (Å²) in [6.45, 7) is 0.406. The smallest absolute Gasteiger partial charge is 0.236 e. The Morgan fingerprint density at radius 2 is 2.19 bits per heavy atom. The van der Waals surface area contributed by atoms with Gasteiger partial charge >= 0.3 is 0 Å². The molecule has 6 nitrogen and oxygen atoms in total. The van der Waals surface area contributed by atoms with Crippen LogP contribution in [0, 0.1) is 11.3 Å². The van der Waals surface area contributed by atoms with Gasteiger partial charge in [0.1, 0.15) is 6.07 Å². The number of hydrogen-bond acceptors (Lipinski definition) is 5. The van der Waals surface area contributed by atoms with E-state index in [0.717, 1.165) is 5.56 Å². The van der Waals surface area contributed by atoms with Crippen molar-refractivity contribution in [3.8, 4) is 6.07 Å². The van der Waals surface area contributed by atoms with Gasteiger partial charge in [-0.2, -0.15) is 5.26 Å². The van der Waals surface area contributed by atoms with Gasteiger partial charge < -0.3 is 16.4 Å². The van der Waals surface area contributed by atoms with Crippen molar-refractivity contribution in [2.75, 3.05) is 17.2 Å². The molecule has 1 amide bonds. The van der Waals surface area contributed by atoms with Crippen molar-refractivity contribution in [1.29, 1.82) is 5.26 Å². The monoisotopic (exact) mass is 281 g/mol. The number of carbonyl (C=O) groups is 1. The summed E-state index contributed by atoms with van der Waals surface area (Å²) in [7, 11) is 0. The minimum absolute atomic E-state index is 0.00479. The highest BCUT2D eigenvalue weighted by atomic mass is 16.1. The highest BCUT2D eigenvalue weighted by Crippen LogP contribution is 2.21. The van der Waals surface area contributed by atoms with E-state index < -0.39 is 5.91 Å². The number of nitrogens with two attached hydrogens (primary N) is 2. The van der Waals surface area contributed by atoms with Crippen LogP contribution in [0.25, 0.3) is 0 Å². The Morgan fingerprint density at radius 3 is 2.86 bits per heavy atom. The van der Waals surface area contributed by atoms with E-state index in [1.54, 1.807) is 23.2 Å². The van der Waals surface area contributed by atoms with Gasteiger partial charge in [0.25, 0.3) is 0 Å². The van der Waals surface area contributed by atoms with Gasteiger partial charge in [0.2, 0.25) is 5.91 Å². The third-order valence-electron chi connectivity index (χ3n) is 2.93. The van der Waals surface area contributed by atoms with Gasteiger partial charge in [0.05, 0.1) is 24.0 Å². The number of rotatable bonds is 5. The van der Waals surface area contributed by atoms with Crippen LogP contribution >= 0.6 is 0 Å². The number of aromatic nitrogens is 1. The van der Waals surface area contributed by atoms with Gasteiger partial charge in [-0.25, -0.2) is 0 Å². The first-order valence-electron chi connectivity index (χ1n) is 6.32. The molecule has 0 aliphatic carbocycles. The number of hydrogen-bond donors (Lipinski definition) is 2. The number of nitrogen functional groups attached to an aromatic ring is 1. The predicted molar refractivity (Wildman–Crippen MR) is 80.1 cm³/mol. The summed E-state index contributed by atoms with van der Waals surface area (Å²) in [5.41, 5.74) is 13.6. The number of amides is 1. The maximum absolute atomic E-state index is 11.3. The molecule has 0 fully saturated rings. The fraction of sp³-hybridized carbons (Fsp3) is 0.133. The van der Waals surface area contributed by atoms with Crippen LogP contribution in [0.5, 0.6) is 0 Å². The number of nitriles is 1. The Labute approximate surface area is 122 Å². The van der Waals surface area contributed by atoms with E-state index in [-0.39, 0.29) is 6.54 Å². The van der Waals surface area contributed by atoms with E-state index in [1.807, 2.05) is 18.2 Å². The molecule has 1 heterocycles. The Hall–Kier alpha value is -3.07. The molecule has 0 saturated heterocycles. The standard InChI is InChI=1S/C15H15N5O/c16-7-12-4-5-19-8-14(12)20(10-15(18)21)9-11-2-1-3-13(17)6-11/h1-6,8H,9-10,17H2,(H2,18,21). The summed E-state index contributed by atoms with van der Waals surface area (Å²) in [5.74, 6) is -0.480. The lowest BCUT2D eigenvalue weighted by molar-refractivity contribution is -0.116. The van der Waals surface area contributed by atoms with Crippen molar-refractivity contribution < 1.29 is 4.79 Å². The molecule has 0 radical (unpaired) electrons. The fourth-order valence-electron chi connectivity index (χ4n) is 2.06. The second-order valence-corrected chi connectivity index (χ2v) is 4.57. The number of anilines is 2. The predicted octanol–water partition coefficient (Wildman–Crippen LogP) is 1.03. The first-order chi connectivity index (χ1) is 10.1. The summed E-state index contributed by atoms with van der Waals surface area (Å²) in [4.78, 5) is 17.0. The van der Waals surface area contributed by atoms with Crippen molar-refractivity contribution in [3.05, 3.63) is 53.9 Å². The lowest BCUT2D eigenvalue weighted by Gasteiger charge is -2.24. The van der Waals surface area contributed by atoms with Gasteiger partial charge in [0, 0.05) is 18.4 Å². The van der Waals surface area contributed by atoms with Crippen molar-refractivity contribution >= 4 is 17.3 Å². The topological polar surface area (TPSA) is 109 Å². The summed E-state index contributed by atoms with van der Waals surface area (Å²) >= 11 is 0. The zero-order valence-corrected chi connectivity index (χ0v) is 11.4. The van der Waals surface area contributed by atoms with Crippen LogP contribution in [0.15, 0.2) is 42.7 Å². The maximum Gasteiger partial charge on any atom is 0.236 e. The summed E-state index contributed by atoms with van der Waals surface area (Å²) < 4.78 is 0. The van der Waals surface area contributed by atoms with Crippen LogP contribution in [0.4, 0.5) is 11.4 Å². The van der Waals surface area contributed by atoms with E-state index in [4.69, 9.17) is 11.5 Å². The lowest BCUT2D eigenvalue weighted by atomic mass is 10.1. The third-order valence-corrected chi connectivity index (χ3v) is 2.93. The number of benzene rings is 1. The highest BCUT2D eigenvalue weighted by Gasteiger charge is 2.14. The van der Waals surface area contributed by atoms with Crippen LogP contribution in [0.1, 0.15) is 11.1 Å². The molecule has 2 aromatic rings. The SMILES string of the molecule is N#Cc1ccncc1N(CC(N)=O)Cc1cccc(N)c1. The van der Waals surface area contributed by atoms with Crippen LogP contribution in [0.2, 0.25) is 0 Å². The van der Waals surface area contributed by atoms with Gasteiger partial charge in [-0.1, -0.05) is 12.1 Å². The lowest BCUT2D eigenvalue weighted by Crippen LogP contribution is -2.34. The molecule has 1 aromatic carbocycles. The van der Waals surface area contributed by atoms with E-state index in [2.05, 4.69) is 11.1 Å². The molecule has 0 bridgehead atoms. The van der Waals surface area contributed by atoms with Crippen molar-refractivity contribution in [3.63, 3.8) is 0 Å². The van der Waals surface area contributed by atoms with E-state index in [0.29, 0.717) is 23.5 Å². The van der Waals surface area contributed by atoms with Crippen molar-refractivity contribution in [2.45, 2.75) is 6.54 Å². The number of primary amides is 1. The quantitative estimate of drug-likeness (QED) is 0.795.